The summed E-state index contributed by atoms with van der Waals surface area (Å²) in [6.07, 6.45) is 4.30. The number of halogens is 1. The summed E-state index contributed by atoms with van der Waals surface area (Å²) in [5.41, 5.74) is 8.26. The number of pyridine rings is 2. The van der Waals surface area contributed by atoms with Gasteiger partial charge in [0.05, 0.1) is 35.7 Å². The Hall–Kier alpha value is -5.18. The Bertz CT molecular complexity index is 1550. The average molecular weight is 492 g/mol. The van der Waals surface area contributed by atoms with Gasteiger partial charge in [0.1, 0.15) is 11.4 Å². The number of hydrogen-bond acceptors (Lipinski definition) is 8. The van der Waals surface area contributed by atoms with Gasteiger partial charge in [-0.15, -0.1) is 0 Å². The SMILES string of the molecule is Cc1cccc(-c2nc(N/N=C/c3ccc(Nc4ccc(-c5cccc(O)c5)cc4)cn3)ncc2F)n1. The number of anilines is 3. The Morgan fingerprint density at radius 3 is 2.41 bits per heavy atom. The molecule has 0 bridgehead atoms. The van der Waals surface area contributed by atoms with E-state index < -0.39 is 5.82 Å². The average Bonchev–Trinajstić information content (AvgIpc) is 2.91. The summed E-state index contributed by atoms with van der Waals surface area (Å²) in [7, 11) is 0. The quantitative estimate of drug-likeness (QED) is 0.191. The summed E-state index contributed by atoms with van der Waals surface area (Å²) >= 11 is 0. The number of aryl methyl sites for hydroxylation is 1. The van der Waals surface area contributed by atoms with E-state index >= 15 is 0 Å². The van der Waals surface area contributed by atoms with Crippen LogP contribution >= 0.6 is 0 Å². The van der Waals surface area contributed by atoms with Gasteiger partial charge < -0.3 is 10.4 Å². The fraction of sp³-hybridized carbons (Fsp3) is 0.0357. The van der Waals surface area contributed by atoms with Gasteiger partial charge in [-0.1, -0.05) is 30.3 Å². The molecule has 0 fully saturated rings. The third-order valence-corrected chi connectivity index (χ3v) is 5.38. The van der Waals surface area contributed by atoms with Gasteiger partial charge in [0, 0.05) is 11.4 Å². The van der Waals surface area contributed by atoms with Crippen molar-refractivity contribution >= 4 is 23.5 Å². The van der Waals surface area contributed by atoms with E-state index in [1.165, 1.54) is 6.21 Å². The van der Waals surface area contributed by atoms with Crippen LogP contribution in [0, 0.1) is 12.7 Å². The molecule has 0 radical (unpaired) electrons. The topological polar surface area (TPSA) is 108 Å². The maximum Gasteiger partial charge on any atom is 0.244 e. The Morgan fingerprint density at radius 1 is 0.838 bits per heavy atom. The van der Waals surface area contributed by atoms with E-state index in [4.69, 9.17) is 0 Å². The second-order valence-corrected chi connectivity index (χ2v) is 8.15. The lowest BCUT2D eigenvalue weighted by molar-refractivity contribution is 0.475. The summed E-state index contributed by atoms with van der Waals surface area (Å²) in [5, 5.41) is 17.1. The smallest absolute Gasteiger partial charge is 0.244 e. The third-order valence-electron chi connectivity index (χ3n) is 5.38. The van der Waals surface area contributed by atoms with E-state index in [1.54, 1.807) is 30.5 Å². The molecule has 0 atom stereocenters. The van der Waals surface area contributed by atoms with Crippen LogP contribution in [0.3, 0.4) is 0 Å². The lowest BCUT2D eigenvalue weighted by Crippen LogP contribution is -2.02. The van der Waals surface area contributed by atoms with Crippen LogP contribution < -0.4 is 10.7 Å². The first kappa shape index (κ1) is 23.6. The summed E-state index contributed by atoms with van der Waals surface area (Å²) in [5.74, 6) is -0.186. The standard InChI is InChI=1S/C28H22FN7O/c1-18-4-2-7-26(33-18)27-25(29)17-31-28(35-27)36-32-16-22-12-13-23(15-30-22)34-21-10-8-19(9-11-21)20-5-3-6-24(37)14-20/h2-17,34,37H,1H3,(H,31,35,36)/b32-16+. The highest BCUT2D eigenvalue weighted by Gasteiger charge is 2.10. The molecule has 9 heteroatoms. The van der Waals surface area contributed by atoms with Gasteiger partial charge in [-0.25, -0.2) is 19.8 Å². The fourth-order valence-electron chi connectivity index (χ4n) is 3.59. The molecule has 3 aromatic heterocycles. The minimum atomic E-state index is -0.564. The van der Waals surface area contributed by atoms with Crippen LogP contribution in [-0.2, 0) is 0 Å². The number of hydrazone groups is 1. The van der Waals surface area contributed by atoms with Crippen molar-refractivity contribution in [2.45, 2.75) is 6.92 Å². The molecule has 37 heavy (non-hydrogen) atoms. The number of rotatable bonds is 7. The third kappa shape index (κ3) is 5.91. The monoisotopic (exact) mass is 491 g/mol. The molecule has 182 valence electrons. The highest BCUT2D eigenvalue weighted by molar-refractivity contribution is 5.78. The summed E-state index contributed by atoms with van der Waals surface area (Å²) < 4.78 is 14.2. The second kappa shape index (κ2) is 10.6. The van der Waals surface area contributed by atoms with E-state index in [0.717, 1.165) is 34.4 Å². The van der Waals surface area contributed by atoms with Gasteiger partial charge in [0.2, 0.25) is 5.95 Å². The van der Waals surface area contributed by atoms with Gasteiger partial charge in [0.15, 0.2) is 5.82 Å². The number of hydrogen-bond donors (Lipinski definition) is 3. The van der Waals surface area contributed by atoms with E-state index in [2.05, 4.69) is 35.8 Å². The van der Waals surface area contributed by atoms with Crippen molar-refractivity contribution in [1.29, 1.82) is 0 Å². The molecule has 0 aliphatic heterocycles. The van der Waals surface area contributed by atoms with Crippen LogP contribution in [0.1, 0.15) is 11.4 Å². The van der Waals surface area contributed by atoms with Gasteiger partial charge in [0.25, 0.3) is 0 Å². The summed E-state index contributed by atoms with van der Waals surface area (Å²) in [4.78, 5) is 16.8. The first-order valence-corrected chi connectivity index (χ1v) is 11.4. The van der Waals surface area contributed by atoms with Crippen LogP contribution in [0.15, 0.2) is 96.4 Å². The largest absolute Gasteiger partial charge is 0.508 e. The Labute approximate surface area is 212 Å². The van der Waals surface area contributed by atoms with Crippen LogP contribution in [0.5, 0.6) is 5.75 Å². The molecule has 0 saturated heterocycles. The molecule has 0 amide bonds. The van der Waals surface area contributed by atoms with Crippen LogP contribution in [0.2, 0.25) is 0 Å². The molecular formula is C28H22FN7O. The van der Waals surface area contributed by atoms with Crippen molar-refractivity contribution in [2.24, 2.45) is 5.10 Å². The van der Waals surface area contributed by atoms with Crippen molar-refractivity contribution in [2.75, 3.05) is 10.7 Å². The zero-order chi connectivity index (χ0) is 25.6. The molecule has 0 saturated carbocycles. The molecule has 0 spiro atoms. The zero-order valence-electron chi connectivity index (χ0n) is 19.8. The first-order chi connectivity index (χ1) is 18.0. The lowest BCUT2D eigenvalue weighted by Gasteiger charge is -2.08. The van der Waals surface area contributed by atoms with Crippen molar-refractivity contribution in [3.05, 3.63) is 108 Å². The molecule has 3 heterocycles. The predicted molar refractivity (Wildman–Crippen MR) is 142 cm³/mol. The Morgan fingerprint density at radius 2 is 1.65 bits per heavy atom. The van der Waals surface area contributed by atoms with Crippen LogP contribution in [0.4, 0.5) is 21.7 Å². The minimum absolute atomic E-state index is 0.0971. The molecule has 0 unspecified atom stereocenters. The maximum atomic E-state index is 14.2. The van der Waals surface area contributed by atoms with E-state index in [1.807, 2.05) is 61.5 Å². The zero-order valence-corrected chi connectivity index (χ0v) is 19.8. The number of phenols is 1. The summed E-state index contributed by atoms with van der Waals surface area (Å²) in [6, 6.07) is 24.0. The van der Waals surface area contributed by atoms with Gasteiger partial charge >= 0.3 is 0 Å². The predicted octanol–water partition coefficient (Wildman–Crippen LogP) is 5.94. The van der Waals surface area contributed by atoms with E-state index in [0.29, 0.717) is 11.4 Å². The number of aromatic nitrogens is 4. The highest BCUT2D eigenvalue weighted by atomic mass is 19.1. The Kier molecular flexibility index (Phi) is 6.76. The second-order valence-electron chi connectivity index (χ2n) is 8.15. The van der Waals surface area contributed by atoms with E-state index in [9.17, 15) is 9.50 Å². The highest BCUT2D eigenvalue weighted by Crippen LogP contribution is 2.25. The Balaban J connectivity index is 1.21. The van der Waals surface area contributed by atoms with E-state index in [-0.39, 0.29) is 17.4 Å². The fourth-order valence-corrected chi connectivity index (χ4v) is 3.59. The number of benzene rings is 2. The normalized spacial score (nSPS) is 11.0. The summed E-state index contributed by atoms with van der Waals surface area (Å²) in [6.45, 7) is 1.83. The van der Waals surface area contributed by atoms with Gasteiger partial charge in [-0.2, -0.15) is 5.10 Å². The maximum absolute atomic E-state index is 14.2. The van der Waals surface area contributed by atoms with Crippen molar-refractivity contribution in [1.82, 2.24) is 19.9 Å². The molecule has 3 N–H and O–H groups in total. The van der Waals surface area contributed by atoms with Gasteiger partial charge in [-0.05, 0) is 66.6 Å². The number of aromatic hydroxyl groups is 1. The molecule has 5 aromatic rings. The number of nitrogens with zero attached hydrogens (tertiary/aromatic N) is 5. The molecule has 8 nitrogen and oxygen atoms in total. The first-order valence-electron chi connectivity index (χ1n) is 11.4. The molecule has 5 rings (SSSR count). The van der Waals surface area contributed by atoms with Crippen LogP contribution in [0.25, 0.3) is 22.5 Å². The molecule has 2 aromatic carbocycles. The minimum Gasteiger partial charge on any atom is -0.508 e. The van der Waals surface area contributed by atoms with Crippen LogP contribution in [-0.4, -0.2) is 31.3 Å². The molecule has 0 aliphatic carbocycles. The van der Waals surface area contributed by atoms with Crippen molar-refractivity contribution < 1.29 is 9.50 Å². The molecule has 0 aliphatic rings. The number of nitrogens with one attached hydrogen (secondary N) is 2. The van der Waals surface area contributed by atoms with Gasteiger partial charge in [-0.3, -0.25) is 9.97 Å². The van der Waals surface area contributed by atoms with Crippen molar-refractivity contribution in [3.8, 4) is 28.3 Å². The lowest BCUT2D eigenvalue weighted by atomic mass is 10.1. The number of phenolic OH excluding ortho intramolecular Hbond substituents is 1. The van der Waals surface area contributed by atoms with Crippen molar-refractivity contribution in [3.63, 3.8) is 0 Å². The molecular weight excluding hydrogens is 469 g/mol.